The van der Waals surface area contributed by atoms with Gasteiger partial charge in [-0.05, 0) is 41.5 Å². The number of hydrogen-bond acceptors (Lipinski definition) is 6. The van der Waals surface area contributed by atoms with Crippen LogP contribution in [0.25, 0.3) is 0 Å². The molecule has 0 unspecified atom stereocenters. The number of nitrogens with zero attached hydrogens (tertiary/aromatic N) is 3. The lowest BCUT2D eigenvalue weighted by molar-refractivity contribution is -0.117. The first-order valence-corrected chi connectivity index (χ1v) is 12.3. The first kappa shape index (κ1) is 25.8. The Balaban J connectivity index is 1.48. The Kier molecular flexibility index (Phi) is 6.99. The fraction of sp³-hybridized carbons (Fsp3) is 0.167. The molecule has 1 aliphatic heterocycles. The van der Waals surface area contributed by atoms with E-state index in [4.69, 9.17) is 0 Å². The van der Waals surface area contributed by atoms with Gasteiger partial charge in [-0.3, -0.25) is 14.6 Å². The van der Waals surface area contributed by atoms with Gasteiger partial charge in [0, 0.05) is 6.20 Å². The summed E-state index contributed by atoms with van der Waals surface area (Å²) >= 11 is 0. The molecule has 192 valence electrons. The van der Waals surface area contributed by atoms with Crippen LogP contribution in [0.15, 0.2) is 78.0 Å². The number of anilines is 2. The van der Waals surface area contributed by atoms with Gasteiger partial charge in [-0.2, -0.15) is 13.2 Å². The molecule has 0 spiro atoms. The van der Waals surface area contributed by atoms with Gasteiger partial charge in [-0.25, -0.2) is 18.1 Å². The summed E-state index contributed by atoms with van der Waals surface area (Å²) in [7, 11) is -5.57. The van der Waals surface area contributed by atoms with Gasteiger partial charge in [0.2, 0.25) is 5.91 Å². The second-order valence-electron chi connectivity index (χ2n) is 8.05. The van der Waals surface area contributed by atoms with Crippen LogP contribution in [-0.2, 0) is 32.4 Å². The fourth-order valence-electron chi connectivity index (χ4n) is 3.69. The summed E-state index contributed by atoms with van der Waals surface area (Å²) < 4.78 is 61.5. The molecule has 13 heteroatoms. The Hall–Kier alpha value is -4.26. The summed E-state index contributed by atoms with van der Waals surface area (Å²) in [5.74, 6) is -0.958. The van der Waals surface area contributed by atoms with Crippen LogP contribution in [0.4, 0.5) is 29.3 Å². The van der Waals surface area contributed by atoms with Gasteiger partial charge in [0.1, 0.15) is 6.54 Å². The second kappa shape index (κ2) is 10.0. The van der Waals surface area contributed by atoms with Crippen LogP contribution in [0.1, 0.15) is 11.1 Å². The van der Waals surface area contributed by atoms with E-state index in [0.29, 0.717) is 23.4 Å². The van der Waals surface area contributed by atoms with Gasteiger partial charge in [-0.15, -0.1) is 0 Å². The van der Waals surface area contributed by atoms with E-state index in [1.54, 1.807) is 18.2 Å². The number of urea groups is 1. The van der Waals surface area contributed by atoms with E-state index in [9.17, 15) is 36.0 Å². The van der Waals surface area contributed by atoms with Crippen LogP contribution in [0.5, 0.6) is 0 Å². The van der Waals surface area contributed by atoms with E-state index in [1.165, 1.54) is 17.3 Å². The first-order chi connectivity index (χ1) is 17.5. The lowest BCUT2D eigenvalue weighted by Gasteiger charge is -2.19. The highest BCUT2D eigenvalue weighted by Gasteiger charge is 2.47. The zero-order chi connectivity index (χ0) is 26.8. The molecular weight excluding hydrogens is 513 g/mol. The fourth-order valence-corrected chi connectivity index (χ4v) is 4.45. The maximum atomic E-state index is 13.0. The Morgan fingerprint density at radius 3 is 2.32 bits per heavy atom. The summed E-state index contributed by atoms with van der Waals surface area (Å²) in [6, 6.07) is 13.2. The van der Waals surface area contributed by atoms with Crippen molar-refractivity contribution in [2.45, 2.75) is 23.4 Å². The average Bonchev–Trinajstić information content (AvgIpc) is 3.12. The van der Waals surface area contributed by atoms with E-state index in [1.807, 2.05) is 18.2 Å². The standard InChI is InChI=1S/C24H19F3N4O5S/c25-24(26,27)37(35,36)19-8-6-18(7-9-19)31-22(33)15-30(23(31)34)14-17-10-11-28-13-20(17)29-21(32)12-16-4-2-1-3-5-16/h1-11,13H,12,14-15H2,(H,29,32). The zero-order valence-electron chi connectivity index (χ0n) is 19.0. The molecule has 37 heavy (non-hydrogen) atoms. The topological polar surface area (TPSA) is 117 Å². The van der Waals surface area contributed by atoms with E-state index < -0.39 is 32.2 Å². The number of hydrogen-bond donors (Lipinski definition) is 1. The molecule has 1 N–H and O–H groups in total. The van der Waals surface area contributed by atoms with Crippen LogP contribution in [0, 0.1) is 0 Å². The molecule has 1 aromatic heterocycles. The molecule has 3 aromatic rings. The highest BCUT2D eigenvalue weighted by molar-refractivity contribution is 7.92. The molecule has 0 aliphatic carbocycles. The number of carbonyl (C=O) groups excluding carboxylic acids is 3. The Morgan fingerprint density at radius 1 is 1.00 bits per heavy atom. The van der Waals surface area contributed by atoms with Crippen LogP contribution >= 0.6 is 0 Å². The minimum absolute atomic E-state index is 0.0644. The molecule has 4 rings (SSSR count). The smallest absolute Gasteiger partial charge is 0.324 e. The van der Waals surface area contributed by atoms with Gasteiger partial charge in [-0.1, -0.05) is 30.3 Å². The van der Waals surface area contributed by atoms with Crippen molar-refractivity contribution in [2.24, 2.45) is 0 Å². The Morgan fingerprint density at radius 2 is 1.68 bits per heavy atom. The zero-order valence-corrected chi connectivity index (χ0v) is 19.8. The number of sulfone groups is 1. The summed E-state index contributed by atoms with van der Waals surface area (Å²) in [6.45, 7) is -0.397. The third kappa shape index (κ3) is 5.45. The van der Waals surface area contributed by atoms with Crippen LogP contribution in [-0.4, -0.2) is 48.2 Å². The molecular formula is C24H19F3N4O5S. The average molecular weight is 533 g/mol. The van der Waals surface area contributed by atoms with Crippen molar-refractivity contribution in [3.05, 3.63) is 84.2 Å². The molecule has 2 heterocycles. The van der Waals surface area contributed by atoms with Gasteiger partial charge in [0.05, 0.1) is 35.4 Å². The molecule has 9 nitrogen and oxygen atoms in total. The van der Waals surface area contributed by atoms with E-state index >= 15 is 0 Å². The lowest BCUT2D eigenvalue weighted by atomic mass is 10.1. The maximum absolute atomic E-state index is 13.0. The number of pyridine rings is 1. The van der Waals surface area contributed by atoms with Gasteiger partial charge in [0.15, 0.2) is 0 Å². The van der Waals surface area contributed by atoms with Crippen molar-refractivity contribution in [2.75, 3.05) is 16.8 Å². The number of imide groups is 1. The summed E-state index contributed by atoms with van der Waals surface area (Å²) in [4.78, 5) is 43.0. The monoisotopic (exact) mass is 532 g/mol. The minimum atomic E-state index is -5.57. The molecule has 0 radical (unpaired) electrons. The minimum Gasteiger partial charge on any atom is -0.324 e. The summed E-state index contributed by atoms with van der Waals surface area (Å²) in [5.41, 5.74) is -3.90. The molecule has 0 saturated carbocycles. The van der Waals surface area contributed by atoms with Crippen molar-refractivity contribution in [1.82, 2.24) is 9.88 Å². The molecule has 4 amide bonds. The largest absolute Gasteiger partial charge is 0.501 e. The maximum Gasteiger partial charge on any atom is 0.501 e. The summed E-state index contributed by atoms with van der Waals surface area (Å²) in [5, 5.41) is 2.75. The Bertz CT molecular complexity index is 1450. The number of rotatable bonds is 7. The molecule has 0 bridgehead atoms. The number of amides is 4. The van der Waals surface area contributed by atoms with Gasteiger partial charge in [0.25, 0.3) is 15.7 Å². The third-order valence-electron chi connectivity index (χ3n) is 5.50. The highest BCUT2D eigenvalue weighted by Crippen LogP contribution is 2.32. The van der Waals surface area contributed by atoms with E-state index in [0.717, 1.165) is 22.6 Å². The van der Waals surface area contributed by atoms with Crippen LogP contribution in [0.3, 0.4) is 0 Å². The van der Waals surface area contributed by atoms with Gasteiger partial charge < -0.3 is 10.2 Å². The number of benzene rings is 2. The number of nitrogens with one attached hydrogen (secondary N) is 1. The van der Waals surface area contributed by atoms with Crippen LogP contribution in [0.2, 0.25) is 0 Å². The molecule has 1 fully saturated rings. The van der Waals surface area contributed by atoms with E-state index in [2.05, 4.69) is 10.3 Å². The van der Waals surface area contributed by atoms with Crippen molar-refractivity contribution in [1.29, 1.82) is 0 Å². The van der Waals surface area contributed by atoms with Crippen molar-refractivity contribution in [3.8, 4) is 0 Å². The van der Waals surface area contributed by atoms with Crippen molar-refractivity contribution < 1.29 is 36.0 Å². The molecule has 1 saturated heterocycles. The number of carbonyl (C=O) groups is 3. The van der Waals surface area contributed by atoms with Crippen molar-refractivity contribution in [3.63, 3.8) is 0 Å². The second-order valence-corrected chi connectivity index (χ2v) is 10.00. The number of aromatic nitrogens is 1. The van der Waals surface area contributed by atoms with Crippen molar-refractivity contribution >= 4 is 39.1 Å². The molecule has 0 atom stereocenters. The third-order valence-corrected chi connectivity index (χ3v) is 7.00. The number of halogens is 3. The Labute approximate surface area is 209 Å². The lowest BCUT2D eigenvalue weighted by Crippen LogP contribution is -2.33. The SMILES string of the molecule is O=C(Cc1ccccc1)Nc1cnccc1CN1CC(=O)N(c2ccc(S(=O)(=O)C(F)(F)F)cc2)C1=O. The quantitative estimate of drug-likeness (QED) is 0.466. The predicted octanol–water partition coefficient (Wildman–Crippen LogP) is 3.53. The number of alkyl halides is 3. The van der Waals surface area contributed by atoms with E-state index in [-0.39, 0.29) is 31.1 Å². The van der Waals surface area contributed by atoms with Crippen LogP contribution < -0.4 is 10.2 Å². The van der Waals surface area contributed by atoms with Gasteiger partial charge >= 0.3 is 11.5 Å². The first-order valence-electron chi connectivity index (χ1n) is 10.8. The normalized spacial score (nSPS) is 14.2. The molecule has 1 aliphatic rings. The molecule has 2 aromatic carbocycles. The predicted molar refractivity (Wildman–Crippen MR) is 126 cm³/mol. The highest BCUT2D eigenvalue weighted by atomic mass is 32.2. The summed E-state index contributed by atoms with van der Waals surface area (Å²) in [6.07, 6.45) is 2.99.